The number of halogens is 1. The van der Waals surface area contributed by atoms with Gasteiger partial charge in [-0.1, -0.05) is 17.7 Å². The van der Waals surface area contributed by atoms with Crippen molar-refractivity contribution in [1.82, 2.24) is 4.90 Å². The molecule has 0 radical (unpaired) electrons. The Morgan fingerprint density at radius 2 is 2.12 bits per heavy atom. The molecule has 1 atom stereocenters. The van der Waals surface area contributed by atoms with Crippen LogP contribution in [0.3, 0.4) is 0 Å². The highest BCUT2D eigenvalue weighted by Gasteiger charge is 2.20. The number of aryl methyl sites for hydroxylation is 1. The van der Waals surface area contributed by atoms with Crippen LogP contribution in [0.5, 0.6) is 0 Å². The van der Waals surface area contributed by atoms with E-state index in [0.29, 0.717) is 11.4 Å². The Bertz CT molecular complexity index is 391. The lowest BCUT2D eigenvalue weighted by molar-refractivity contribution is -0.142. The summed E-state index contributed by atoms with van der Waals surface area (Å²) >= 11 is 5.90. The Kier molecular flexibility index (Phi) is 4.33. The molecule has 0 aromatic heterocycles. The molecular formula is C12H16ClNO2. The molecule has 1 aromatic carbocycles. The molecule has 88 valence electrons. The lowest BCUT2D eigenvalue weighted by atomic mass is 10.0. The molecule has 0 heterocycles. The fourth-order valence-electron chi connectivity index (χ4n) is 1.56. The molecule has 3 nitrogen and oxygen atoms in total. The van der Waals surface area contributed by atoms with Gasteiger partial charge in [0.1, 0.15) is 6.04 Å². The molecule has 0 amide bonds. The lowest BCUT2D eigenvalue weighted by Crippen LogP contribution is -2.37. The maximum Gasteiger partial charge on any atom is 0.321 e. The van der Waals surface area contributed by atoms with Crippen molar-refractivity contribution < 1.29 is 9.90 Å². The smallest absolute Gasteiger partial charge is 0.321 e. The van der Waals surface area contributed by atoms with Crippen molar-refractivity contribution in [2.45, 2.75) is 19.4 Å². The summed E-state index contributed by atoms with van der Waals surface area (Å²) in [4.78, 5) is 12.8. The van der Waals surface area contributed by atoms with Crippen LogP contribution in [0.1, 0.15) is 11.1 Å². The molecule has 16 heavy (non-hydrogen) atoms. The van der Waals surface area contributed by atoms with Crippen LogP contribution >= 0.6 is 11.6 Å². The van der Waals surface area contributed by atoms with Crippen molar-refractivity contribution in [3.05, 3.63) is 34.3 Å². The summed E-state index contributed by atoms with van der Waals surface area (Å²) in [5, 5.41) is 9.73. The van der Waals surface area contributed by atoms with Crippen LogP contribution in [0.25, 0.3) is 0 Å². The van der Waals surface area contributed by atoms with E-state index in [1.165, 1.54) is 0 Å². The summed E-state index contributed by atoms with van der Waals surface area (Å²) in [6.07, 6.45) is 0.467. The van der Waals surface area contributed by atoms with E-state index in [1.54, 1.807) is 19.0 Å². The molecule has 0 unspecified atom stereocenters. The molecule has 0 spiro atoms. The quantitative estimate of drug-likeness (QED) is 0.879. The zero-order valence-corrected chi connectivity index (χ0v) is 10.5. The van der Waals surface area contributed by atoms with E-state index in [0.717, 1.165) is 11.1 Å². The fourth-order valence-corrected chi connectivity index (χ4v) is 1.75. The van der Waals surface area contributed by atoms with Crippen LogP contribution in [-0.4, -0.2) is 36.1 Å². The number of nitrogens with zero attached hydrogens (tertiary/aromatic N) is 1. The first-order valence-electron chi connectivity index (χ1n) is 5.06. The highest BCUT2D eigenvalue weighted by Crippen LogP contribution is 2.18. The van der Waals surface area contributed by atoms with Crippen molar-refractivity contribution in [1.29, 1.82) is 0 Å². The molecule has 0 aliphatic heterocycles. The van der Waals surface area contributed by atoms with Gasteiger partial charge >= 0.3 is 5.97 Å². The first-order chi connectivity index (χ1) is 7.41. The van der Waals surface area contributed by atoms with Gasteiger partial charge in [0, 0.05) is 5.02 Å². The fraction of sp³-hybridized carbons (Fsp3) is 0.417. The second-order valence-corrected chi connectivity index (χ2v) is 4.53. The van der Waals surface area contributed by atoms with Crippen molar-refractivity contribution in [2.75, 3.05) is 14.1 Å². The zero-order valence-electron chi connectivity index (χ0n) is 9.70. The van der Waals surface area contributed by atoms with Crippen LogP contribution < -0.4 is 0 Å². The minimum atomic E-state index is -0.815. The second kappa shape index (κ2) is 5.32. The van der Waals surface area contributed by atoms with E-state index in [4.69, 9.17) is 16.7 Å². The van der Waals surface area contributed by atoms with Gasteiger partial charge in [-0.3, -0.25) is 9.69 Å². The SMILES string of the molecule is Cc1ccc(Cl)cc1C[C@@H](C(=O)O)N(C)C. The Labute approximate surface area is 101 Å². The number of benzene rings is 1. The summed E-state index contributed by atoms with van der Waals surface area (Å²) in [6.45, 7) is 1.96. The van der Waals surface area contributed by atoms with E-state index < -0.39 is 12.0 Å². The molecule has 1 rings (SSSR count). The minimum Gasteiger partial charge on any atom is -0.480 e. The molecule has 0 bridgehead atoms. The predicted octanol–water partition coefficient (Wildman–Crippen LogP) is 2.21. The third-order valence-electron chi connectivity index (χ3n) is 2.63. The van der Waals surface area contributed by atoms with Gasteiger partial charge in [0.2, 0.25) is 0 Å². The number of carbonyl (C=O) groups is 1. The minimum absolute atomic E-state index is 0.467. The van der Waals surface area contributed by atoms with E-state index >= 15 is 0 Å². The van der Waals surface area contributed by atoms with E-state index in [9.17, 15) is 4.79 Å². The number of carboxylic acids is 1. The van der Waals surface area contributed by atoms with Crippen molar-refractivity contribution in [3.8, 4) is 0 Å². The summed E-state index contributed by atoms with van der Waals surface area (Å²) in [7, 11) is 3.53. The summed E-state index contributed by atoms with van der Waals surface area (Å²) in [6, 6.07) is 5.03. The number of hydrogen-bond donors (Lipinski definition) is 1. The van der Waals surface area contributed by atoms with Crippen LogP contribution in [0.4, 0.5) is 0 Å². The third kappa shape index (κ3) is 3.22. The van der Waals surface area contributed by atoms with Gasteiger partial charge in [-0.2, -0.15) is 0 Å². The standard InChI is InChI=1S/C12H16ClNO2/c1-8-4-5-10(13)6-9(8)7-11(12(15)16)14(2)3/h4-6,11H,7H2,1-3H3,(H,15,16)/t11-/m0/s1. The summed E-state index contributed by atoms with van der Waals surface area (Å²) < 4.78 is 0. The molecule has 1 aromatic rings. The van der Waals surface area contributed by atoms with Gasteiger partial charge in [0.05, 0.1) is 0 Å². The second-order valence-electron chi connectivity index (χ2n) is 4.09. The molecular weight excluding hydrogens is 226 g/mol. The molecule has 0 fully saturated rings. The van der Waals surface area contributed by atoms with Gasteiger partial charge in [-0.15, -0.1) is 0 Å². The topological polar surface area (TPSA) is 40.5 Å². The average molecular weight is 242 g/mol. The Hall–Kier alpha value is -1.06. The van der Waals surface area contributed by atoms with Gasteiger partial charge in [0.25, 0.3) is 0 Å². The maximum atomic E-state index is 11.1. The summed E-state index contributed by atoms with van der Waals surface area (Å²) in [5.41, 5.74) is 2.05. The Morgan fingerprint density at radius 3 is 2.62 bits per heavy atom. The Balaban J connectivity index is 2.93. The normalized spacial score (nSPS) is 12.8. The highest BCUT2D eigenvalue weighted by atomic mass is 35.5. The lowest BCUT2D eigenvalue weighted by Gasteiger charge is -2.20. The monoisotopic (exact) mass is 241 g/mol. The van der Waals surface area contributed by atoms with Crippen LogP contribution in [0, 0.1) is 6.92 Å². The number of likely N-dealkylation sites (N-methyl/N-ethyl adjacent to an activating group) is 1. The van der Waals surface area contributed by atoms with E-state index in [1.807, 2.05) is 25.1 Å². The molecule has 1 N–H and O–H groups in total. The number of carboxylic acid groups (broad SMARTS) is 1. The number of hydrogen-bond acceptors (Lipinski definition) is 2. The first-order valence-corrected chi connectivity index (χ1v) is 5.44. The maximum absolute atomic E-state index is 11.1. The Morgan fingerprint density at radius 1 is 1.50 bits per heavy atom. The van der Waals surface area contributed by atoms with Crippen molar-refractivity contribution >= 4 is 17.6 Å². The van der Waals surface area contributed by atoms with Crippen molar-refractivity contribution in [2.24, 2.45) is 0 Å². The number of aliphatic carboxylic acids is 1. The molecule has 0 saturated carbocycles. The molecule has 0 saturated heterocycles. The average Bonchev–Trinajstić information content (AvgIpc) is 2.18. The number of rotatable bonds is 4. The molecule has 0 aliphatic rings. The largest absolute Gasteiger partial charge is 0.480 e. The van der Waals surface area contributed by atoms with Gasteiger partial charge in [-0.25, -0.2) is 0 Å². The van der Waals surface area contributed by atoms with Gasteiger partial charge < -0.3 is 5.11 Å². The van der Waals surface area contributed by atoms with Crippen LogP contribution in [-0.2, 0) is 11.2 Å². The predicted molar refractivity (Wildman–Crippen MR) is 65.0 cm³/mol. The van der Waals surface area contributed by atoms with E-state index in [-0.39, 0.29) is 0 Å². The van der Waals surface area contributed by atoms with Crippen LogP contribution in [0.15, 0.2) is 18.2 Å². The van der Waals surface area contributed by atoms with Crippen LogP contribution in [0.2, 0.25) is 5.02 Å². The zero-order chi connectivity index (χ0) is 12.3. The molecule has 0 aliphatic carbocycles. The third-order valence-corrected chi connectivity index (χ3v) is 2.87. The van der Waals surface area contributed by atoms with E-state index in [2.05, 4.69) is 0 Å². The highest BCUT2D eigenvalue weighted by molar-refractivity contribution is 6.30. The van der Waals surface area contributed by atoms with Gasteiger partial charge in [-0.05, 0) is 50.7 Å². The van der Waals surface area contributed by atoms with Crippen molar-refractivity contribution in [3.63, 3.8) is 0 Å². The summed E-state index contributed by atoms with van der Waals surface area (Å²) in [5.74, 6) is -0.815. The first kappa shape index (κ1) is 13.0. The van der Waals surface area contributed by atoms with Gasteiger partial charge in [0.15, 0.2) is 0 Å². The molecule has 4 heteroatoms.